The molecule has 1 N–H and O–H groups in total. The van der Waals surface area contributed by atoms with Crippen molar-refractivity contribution < 1.29 is 52.9 Å². The van der Waals surface area contributed by atoms with Crippen LogP contribution >= 0.6 is 23.5 Å². The third-order valence-electron chi connectivity index (χ3n) is 6.27. The lowest BCUT2D eigenvalue weighted by Crippen LogP contribution is -3.00. The number of hydrogen-bond donors (Lipinski definition) is 1. The lowest BCUT2D eigenvalue weighted by molar-refractivity contribution is -0.678. The number of ether oxygens (including phenoxy) is 1. The van der Waals surface area contributed by atoms with Crippen LogP contribution in [0.3, 0.4) is 0 Å². The van der Waals surface area contributed by atoms with E-state index >= 15 is 0 Å². The monoisotopic (exact) mass is 630 g/mol. The first-order valence-corrected chi connectivity index (χ1v) is 12.6. The van der Waals surface area contributed by atoms with Crippen molar-refractivity contribution in [3.8, 4) is 0 Å². The van der Waals surface area contributed by atoms with Gasteiger partial charge in [0.15, 0.2) is 5.70 Å². The fraction of sp³-hybridized carbons (Fsp3) is 0.409. The minimum absolute atomic E-state index is 0. The number of fused-ring (bicyclic) bond motifs is 2. The SMILES string of the molecule is C[C@@H](O)[C@H]1C(=O)N2C(C(=O)OCc3ccc([N+](=O)[O-])cc3)=C(SC3CCn4cc[n+](C)c43)S[C@H]12.[I-]. The van der Waals surface area contributed by atoms with E-state index in [1.807, 2.05) is 19.4 Å². The number of benzene rings is 1. The van der Waals surface area contributed by atoms with Gasteiger partial charge in [0.2, 0.25) is 5.91 Å². The maximum Gasteiger partial charge on any atom is 0.357 e. The van der Waals surface area contributed by atoms with E-state index in [1.54, 1.807) is 18.7 Å². The Morgan fingerprint density at radius 2 is 2.11 bits per heavy atom. The van der Waals surface area contributed by atoms with E-state index in [-0.39, 0.29) is 58.5 Å². The van der Waals surface area contributed by atoms with Crippen molar-refractivity contribution in [2.45, 2.75) is 43.2 Å². The molecule has 4 atom stereocenters. The molecule has 10 nitrogen and oxygen atoms in total. The van der Waals surface area contributed by atoms with Gasteiger partial charge >= 0.3 is 5.97 Å². The number of rotatable bonds is 7. The lowest BCUT2D eigenvalue weighted by atomic mass is 9.92. The number of aliphatic hydroxyl groups is 1. The van der Waals surface area contributed by atoms with Crippen LogP contribution in [-0.2, 0) is 34.5 Å². The number of esters is 1. The van der Waals surface area contributed by atoms with E-state index in [4.69, 9.17) is 4.74 Å². The number of β-lactam (4-membered cyclic amide) rings is 1. The van der Waals surface area contributed by atoms with Crippen LogP contribution in [0.5, 0.6) is 0 Å². The van der Waals surface area contributed by atoms with Crippen molar-refractivity contribution in [3.05, 3.63) is 68.1 Å². The number of amides is 1. The molecule has 1 amide bonds. The van der Waals surface area contributed by atoms with Gasteiger partial charge in [0, 0.05) is 18.6 Å². The second-order valence-electron chi connectivity index (χ2n) is 8.47. The van der Waals surface area contributed by atoms with Gasteiger partial charge in [-0.2, -0.15) is 0 Å². The molecule has 2 aromatic rings. The summed E-state index contributed by atoms with van der Waals surface area (Å²) < 4.78 is 10.5. The Kier molecular flexibility index (Phi) is 7.50. The molecule has 1 fully saturated rings. The van der Waals surface area contributed by atoms with Crippen molar-refractivity contribution >= 4 is 41.1 Å². The molecule has 35 heavy (non-hydrogen) atoms. The van der Waals surface area contributed by atoms with E-state index in [1.165, 1.54) is 40.9 Å². The van der Waals surface area contributed by atoms with E-state index in [0.717, 1.165) is 23.0 Å². The average molecular weight is 630 g/mol. The largest absolute Gasteiger partial charge is 1.00 e. The third kappa shape index (κ3) is 4.58. The summed E-state index contributed by atoms with van der Waals surface area (Å²) in [5.74, 6) is -0.329. The van der Waals surface area contributed by atoms with Crippen LogP contribution in [0.2, 0.25) is 0 Å². The summed E-state index contributed by atoms with van der Waals surface area (Å²) in [5.41, 5.74) is 0.779. The van der Waals surface area contributed by atoms with Crippen molar-refractivity contribution in [2.75, 3.05) is 0 Å². The van der Waals surface area contributed by atoms with Crippen molar-refractivity contribution in [1.29, 1.82) is 0 Å². The molecule has 5 rings (SSSR count). The quantitative estimate of drug-likeness (QED) is 0.106. The van der Waals surface area contributed by atoms with Gasteiger partial charge in [-0.15, -0.1) is 11.8 Å². The van der Waals surface area contributed by atoms with Gasteiger partial charge in [0.1, 0.15) is 29.6 Å². The number of nitrogens with zero attached hydrogens (tertiary/aromatic N) is 4. The normalized spacial score (nSPS) is 23.3. The highest BCUT2D eigenvalue weighted by Crippen LogP contribution is 2.57. The minimum atomic E-state index is -0.815. The number of carbonyl (C=O) groups excluding carboxylic acids is 2. The van der Waals surface area contributed by atoms with Gasteiger partial charge in [-0.1, -0.05) is 11.8 Å². The smallest absolute Gasteiger partial charge is 0.357 e. The molecule has 4 heterocycles. The number of halogens is 1. The Hall–Kier alpha value is -2.10. The molecule has 0 radical (unpaired) electrons. The molecular formula is C22H23IN4O6S2. The minimum Gasteiger partial charge on any atom is -1.00 e. The van der Waals surface area contributed by atoms with E-state index in [2.05, 4.69) is 9.13 Å². The van der Waals surface area contributed by atoms with Crippen LogP contribution in [-0.4, -0.2) is 42.9 Å². The maximum absolute atomic E-state index is 13.2. The molecule has 0 aliphatic carbocycles. The molecule has 1 saturated heterocycles. The first-order valence-electron chi connectivity index (χ1n) is 10.8. The van der Waals surface area contributed by atoms with Gasteiger partial charge in [-0.25, -0.2) is 13.9 Å². The van der Waals surface area contributed by atoms with Gasteiger partial charge in [-0.05, 0) is 24.6 Å². The predicted molar refractivity (Wildman–Crippen MR) is 124 cm³/mol. The topological polar surface area (TPSA) is 119 Å². The van der Waals surface area contributed by atoms with Crippen molar-refractivity contribution in [1.82, 2.24) is 9.47 Å². The highest BCUT2D eigenvalue weighted by Gasteiger charge is 2.58. The Bertz CT molecular complexity index is 1220. The Morgan fingerprint density at radius 1 is 1.40 bits per heavy atom. The molecule has 0 bridgehead atoms. The number of aromatic nitrogens is 2. The Labute approximate surface area is 226 Å². The van der Waals surface area contributed by atoms with Crippen LogP contribution in [0.15, 0.2) is 46.6 Å². The fourth-order valence-electron chi connectivity index (χ4n) is 4.52. The molecular weight excluding hydrogens is 607 g/mol. The first-order chi connectivity index (χ1) is 16.3. The number of thioether (sulfide) groups is 2. The number of aryl methyl sites for hydroxylation is 2. The van der Waals surface area contributed by atoms with Crippen LogP contribution in [0, 0.1) is 16.0 Å². The summed E-state index contributed by atoms with van der Waals surface area (Å²) in [6.07, 6.45) is 4.12. The Morgan fingerprint density at radius 3 is 2.77 bits per heavy atom. The fourth-order valence-corrected chi connectivity index (χ4v) is 7.88. The van der Waals surface area contributed by atoms with Crippen LogP contribution < -0.4 is 28.5 Å². The number of non-ortho nitro benzene ring substituents is 1. The van der Waals surface area contributed by atoms with Crippen LogP contribution in [0.25, 0.3) is 0 Å². The summed E-state index contributed by atoms with van der Waals surface area (Å²) in [5, 5.41) is 20.7. The van der Waals surface area contributed by atoms with E-state index < -0.39 is 22.9 Å². The zero-order valence-electron chi connectivity index (χ0n) is 18.9. The molecule has 13 heteroatoms. The number of carbonyl (C=O) groups is 2. The second kappa shape index (κ2) is 10.1. The molecule has 1 unspecified atom stereocenters. The lowest BCUT2D eigenvalue weighted by Gasteiger charge is -2.43. The number of hydrogen-bond acceptors (Lipinski definition) is 8. The summed E-state index contributed by atoms with van der Waals surface area (Å²) in [4.78, 5) is 37.8. The molecule has 3 aliphatic rings. The maximum atomic E-state index is 13.2. The van der Waals surface area contributed by atoms with Crippen molar-refractivity contribution in [3.63, 3.8) is 0 Å². The molecule has 186 valence electrons. The highest BCUT2D eigenvalue weighted by molar-refractivity contribution is 8.22. The Balaban J connectivity index is 0.00000289. The number of nitro groups is 1. The van der Waals surface area contributed by atoms with Gasteiger partial charge < -0.3 is 33.8 Å². The van der Waals surface area contributed by atoms with Gasteiger partial charge in [-0.3, -0.25) is 19.8 Å². The zero-order chi connectivity index (χ0) is 24.1. The summed E-state index contributed by atoms with van der Waals surface area (Å²) >= 11 is 2.98. The predicted octanol–water partition coefficient (Wildman–Crippen LogP) is -0.773. The first kappa shape index (κ1) is 26.0. The van der Waals surface area contributed by atoms with E-state index in [9.17, 15) is 24.8 Å². The average Bonchev–Trinajstić information content (AvgIpc) is 3.46. The summed E-state index contributed by atoms with van der Waals surface area (Å²) in [7, 11) is 1.99. The van der Waals surface area contributed by atoms with E-state index in [0.29, 0.717) is 5.56 Å². The van der Waals surface area contributed by atoms with Gasteiger partial charge in [0.25, 0.3) is 11.5 Å². The van der Waals surface area contributed by atoms with Crippen LogP contribution in [0.4, 0.5) is 5.69 Å². The number of nitro benzene ring substituents is 1. The van der Waals surface area contributed by atoms with Gasteiger partial charge in [0.05, 0.1) is 34.8 Å². The number of aliphatic hydroxyl groups excluding tert-OH is 1. The number of imidazole rings is 1. The van der Waals surface area contributed by atoms with Crippen molar-refractivity contribution in [2.24, 2.45) is 13.0 Å². The summed E-state index contributed by atoms with van der Waals surface area (Å²) in [6, 6.07) is 5.78. The van der Waals surface area contributed by atoms with Crippen LogP contribution in [0.1, 0.15) is 30.0 Å². The highest BCUT2D eigenvalue weighted by atomic mass is 127. The molecule has 0 saturated carbocycles. The molecule has 1 aromatic heterocycles. The molecule has 0 spiro atoms. The molecule has 3 aliphatic heterocycles. The zero-order valence-corrected chi connectivity index (χ0v) is 22.7. The standard InChI is InChI=1S/C22H23N4O6S2.HI/c1-12(27)16-19(28)25-17(21(29)32-11-13-3-5-14(6-4-13)26(30)31)22(34-20(16)25)33-15-7-8-24-10-9-23(2)18(15)24;/h3-6,9-10,12,15-16,20,27H,7-8,11H2,1-2H3;1H/q+1;/p-1/t12-,15?,16+,20-;/m1./s1. The molecule has 1 aromatic carbocycles. The second-order valence-corrected chi connectivity index (χ2v) is 11.1. The third-order valence-corrected chi connectivity index (χ3v) is 9.14. The summed E-state index contributed by atoms with van der Waals surface area (Å²) in [6.45, 7) is 2.40.